The van der Waals surface area contributed by atoms with Gasteiger partial charge in [-0.1, -0.05) is 0 Å². The van der Waals surface area contributed by atoms with Crippen molar-refractivity contribution in [2.75, 3.05) is 7.11 Å². The molecule has 0 radical (unpaired) electrons. The van der Waals surface area contributed by atoms with Gasteiger partial charge in [0.25, 0.3) is 0 Å². The van der Waals surface area contributed by atoms with Crippen LogP contribution in [0.3, 0.4) is 0 Å². The van der Waals surface area contributed by atoms with Crippen LogP contribution in [0, 0.1) is 0 Å². The summed E-state index contributed by atoms with van der Waals surface area (Å²) in [4.78, 5) is 21.8. The normalized spacial score (nSPS) is 13.3. The third-order valence-electron chi connectivity index (χ3n) is 1.49. The average molecular weight is 189 g/mol. The largest absolute Gasteiger partial charge is 0.467 e. The monoisotopic (exact) mass is 189 g/mol. The van der Waals surface area contributed by atoms with Gasteiger partial charge in [-0.25, -0.2) is 4.79 Å². The summed E-state index contributed by atoms with van der Waals surface area (Å²) in [7, 11) is 1.20. The molecule has 0 aliphatic rings. The zero-order chi connectivity index (χ0) is 10.6. The molecule has 0 heterocycles. The lowest BCUT2D eigenvalue weighted by atomic mass is 9.99. The molecule has 0 fully saturated rings. The Labute approximate surface area is 77.1 Å². The summed E-state index contributed by atoms with van der Waals surface area (Å²) in [6.45, 7) is 4.11. The van der Waals surface area contributed by atoms with Gasteiger partial charge in [-0.3, -0.25) is 4.79 Å². The number of amides is 1. The smallest absolute Gasteiger partial charge is 0.331 e. The molecule has 0 saturated carbocycles. The fourth-order valence-corrected chi connectivity index (χ4v) is 0.845. The van der Waals surface area contributed by atoms with Gasteiger partial charge in [0, 0.05) is 6.92 Å². The highest BCUT2D eigenvalue weighted by molar-refractivity contribution is 5.84. The standard InChI is InChI=1S/C8H15NO4/c1-5(10)9-6(7(11)13-4)8(2,3)12/h6,12H,1-4H3,(H,9,10)/t6-/m1/s1. The van der Waals surface area contributed by atoms with Crippen LogP contribution in [0.1, 0.15) is 20.8 Å². The lowest BCUT2D eigenvalue weighted by Gasteiger charge is -2.27. The van der Waals surface area contributed by atoms with Gasteiger partial charge >= 0.3 is 5.97 Å². The van der Waals surface area contributed by atoms with Crippen LogP contribution in [-0.4, -0.2) is 35.7 Å². The van der Waals surface area contributed by atoms with Gasteiger partial charge in [0.1, 0.15) is 0 Å². The van der Waals surface area contributed by atoms with Gasteiger partial charge in [-0.05, 0) is 13.8 Å². The third-order valence-corrected chi connectivity index (χ3v) is 1.49. The van der Waals surface area contributed by atoms with Gasteiger partial charge < -0.3 is 15.2 Å². The minimum Gasteiger partial charge on any atom is -0.467 e. The van der Waals surface area contributed by atoms with Crippen molar-refractivity contribution in [3.05, 3.63) is 0 Å². The van der Waals surface area contributed by atoms with Crippen LogP contribution in [0.25, 0.3) is 0 Å². The third kappa shape index (κ3) is 3.89. The van der Waals surface area contributed by atoms with Crippen LogP contribution in [0.2, 0.25) is 0 Å². The molecule has 2 N–H and O–H groups in total. The summed E-state index contributed by atoms with van der Waals surface area (Å²) in [5, 5.41) is 11.8. The number of methoxy groups -OCH3 is 1. The van der Waals surface area contributed by atoms with Crippen molar-refractivity contribution in [1.82, 2.24) is 5.32 Å². The number of rotatable bonds is 3. The Morgan fingerprint density at radius 3 is 2.15 bits per heavy atom. The number of ether oxygens (including phenoxy) is 1. The fraction of sp³-hybridized carbons (Fsp3) is 0.750. The Bertz CT molecular complexity index is 207. The van der Waals surface area contributed by atoms with E-state index in [4.69, 9.17) is 0 Å². The molecule has 1 amide bonds. The summed E-state index contributed by atoms with van der Waals surface area (Å²) in [5.41, 5.74) is -1.33. The molecule has 0 aliphatic carbocycles. The second kappa shape index (κ2) is 4.23. The molecule has 76 valence electrons. The molecular formula is C8H15NO4. The SMILES string of the molecule is COC(=O)[C@@H](NC(C)=O)C(C)(C)O. The molecule has 0 aliphatic heterocycles. The van der Waals surface area contributed by atoms with Crippen molar-refractivity contribution in [3.63, 3.8) is 0 Å². The Hall–Kier alpha value is -1.10. The topological polar surface area (TPSA) is 75.6 Å². The molecule has 0 rings (SSSR count). The molecule has 5 nitrogen and oxygen atoms in total. The van der Waals surface area contributed by atoms with E-state index in [9.17, 15) is 14.7 Å². The summed E-state index contributed by atoms with van der Waals surface area (Å²) < 4.78 is 4.43. The van der Waals surface area contributed by atoms with Crippen molar-refractivity contribution >= 4 is 11.9 Å². The summed E-state index contributed by atoms with van der Waals surface area (Å²) >= 11 is 0. The zero-order valence-electron chi connectivity index (χ0n) is 8.25. The summed E-state index contributed by atoms with van der Waals surface area (Å²) in [5.74, 6) is -1.06. The van der Waals surface area contributed by atoms with Crippen LogP contribution in [0.4, 0.5) is 0 Å². The Morgan fingerprint density at radius 2 is 1.92 bits per heavy atom. The van der Waals surface area contributed by atoms with E-state index in [-0.39, 0.29) is 0 Å². The molecule has 0 aromatic carbocycles. The minimum absolute atomic E-state index is 0.391. The Morgan fingerprint density at radius 1 is 1.46 bits per heavy atom. The summed E-state index contributed by atoms with van der Waals surface area (Å²) in [6.07, 6.45) is 0. The van der Waals surface area contributed by atoms with Gasteiger partial charge in [0.05, 0.1) is 12.7 Å². The first-order valence-electron chi connectivity index (χ1n) is 3.86. The molecule has 0 saturated heterocycles. The highest BCUT2D eigenvalue weighted by atomic mass is 16.5. The molecular weight excluding hydrogens is 174 g/mol. The van der Waals surface area contributed by atoms with Crippen LogP contribution in [0.15, 0.2) is 0 Å². The van der Waals surface area contributed by atoms with E-state index in [1.807, 2.05) is 0 Å². The Kier molecular flexibility index (Phi) is 3.87. The molecule has 0 aromatic rings. The van der Waals surface area contributed by atoms with Gasteiger partial charge in [0.2, 0.25) is 5.91 Å². The summed E-state index contributed by atoms with van der Waals surface area (Å²) in [6, 6.07) is -1.03. The first-order valence-corrected chi connectivity index (χ1v) is 3.86. The number of esters is 1. The quantitative estimate of drug-likeness (QED) is 0.583. The van der Waals surface area contributed by atoms with Crippen LogP contribution in [0.5, 0.6) is 0 Å². The van der Waals surface area contributed by atoms with Gasteiger partial charge in [-0.2, -0.15) is 0 Å². The predicted molar refractivity (Wildman–Crippen MR) is 45.9 cm³/mol. The van der Waals surface area contributed by atoms with E-state index < -0.39 is 23.5 Å². The second-order valence-electron chi connectivity index (χ2n) is 3.31. The van der Waals surface area contributed by atoms with E-state index in [2.05, 4.69) is 10.1 Å². The number of carbonyl (C=O) groups is 2. The molecule has 0 spiro atoms. The van der Waals surface area contributed by atoms with E-state index in [1.54, 1.807) is 0 Å². The molecule has 0 aromatic heterocycles. The predicted octanol–water partition coefficient (Wildman–Crippen LogP) is -0.565. The molecule has 0 unspecified atom stereocenters. The van der Waals surface area contributed by atoms with Crippen LogP contribution < -0.4 is 5.32 Å². The van der Waals surface area contributed by atoms with Crippen LogP contribution in [-0.2, 0) is 14.3 Å². The minimum atomic E-state index is -1.33. The molecule has 0 bridgehead atoms. The van der Waals surface area contributed by atoms with E-state index >= 15 is 0 Å². The number of carbonyl (C=O) groups excluding carboxylic acids is 2. The number of nitrogens with one attached hydrogen (secondary N) is 1. The van der Waals surface area contributed by atoms with Crippen molar-refractivity contribution in [3.8, 4) is 0 Å². The van der Waals surface area contributed by atoms with Crippen LogP contribution >= 0.6 is 0 Å². The van der Waals surface area contributed by atoms with Gasteiger partial charge in [-0.15, -0.1) is 0 Å². The number of hydrogen-bond acceptors (Lipinski definition) is 4. The average Bonchev–Trinajstić information content (AvgIpc) is 1.96. The highest BCUT2D eigenvalue weighted by Gasteiger charge is 2.34. The first-order chi connectivity index (χ1) is 5.79. The maximum Gasteiger partial charge on any atom is 0.331 e. The maximum absolute atomic E-state index is 11.1. The van der Waals surface area contributed by atoms with Crippen molar-refractivity contribution in [2.24, 2.45) is 0 Å². The number of hydrogen-bond donors (Lipinski definition) is 2. The fourth-order valence-electron chi connectivity index (χ4n) is 0.845. The van der Waals surface area contributed by atoms with E-state index in [1.165, 1.54) is 27.9 Å². The van der Waals surface area contributed by atoms with E-state index in [0.29, 0.717) is 0 Å². The molecule has 1 atom stereocenters. The molecule has 5 heteroatoms. The lowest BCUT2D eigenvalue weighted by Crippen LogP contribution is -2.54. The van der Waals surface area contributed by atoms with Crippen molar-refractivity contribution in [2.45, 2.75) is 32.4 Å². The maximum atomic E-state index is 11.1. The van der Waals surface area contributed by atoms with Crippen molar-refractivity contribution < 1.29 is 19.4 Å². The lowest BCUT2D eigenvalue weighted by molar-refractivity contribution is -0.151. The Balaban J connectivity index is 4.56. The van der Waals surface area contributed by atoms with Crippen molar-refractivity contribution in [1.29, 1.82) is 0 Å². The van der Waals surface area contributed by atoms with Gasteiger partial charge in [0.15, 0.2) is 6.04 Å². The number of aliphatic hydroxyl groups is 1. The van der Waals surface area contributed by atoms with E-state index in [0.717, 1.165) is 0 Å². The molecule has 13 heavy (non-hydrogen) atoms. The second-order valence-corrected chi connectivity index (χ2v) is 3.31. The first kappa shape index (κ1) is 11.9. The highest BCUT2D eigenvalue weighted by Crippen LogP contribution is 2.09. The zero-order valence-corrected chi connectivity index (χ0v) is 8.25.